The summed E-state index contributed by atoms with van der Waals surface area (Å²) in [6.45, 7) is 5.90. The van der Waals surface area contributed by atoms with Crippen molar-refractivity contribution in [2.75, 3.05) is 20.2 Å². The molecule has 0 aliphatic carbocycles. The summed E-state index contributed by atoms with van der Waals surface area (Å²) in [7, 11) is 1.93. The number of rotatable bonds is 6. The summed E-state index contributed by atoms with van der Waals surface area (Å²) < 4.78 is 12.4. The molecule has 0 radical (unpaired) electrons. The molecule has 0 spiro atoms. The van der Waals surface area contributed by atoms with E-state index in [1.165, 1.54) is 5.56 Å². The van der Waals surface area contributed by atoms with Gasteiger partial charge in [-0.3, -0.25) is 0 Å². The summed E-state index contributed by atoms with van der Waals surface area (Å²) in [6.07, 6.45) is 2.34. The maximum Gasteiger partial charge on any atom is 0.513 e. The number of carbonyl (C=O) groups is 1. The van der Waals surface area contributed by atoms with Gasteiger partial charge < -0.3 is 19.4 Å². The maximum atomic E-state index is 11.6. The second-order valence-electron chi connectivity index (χ2n) is 4.73. The minimum atomic E-state index is -0.659. The molecule has 1 heterocycles. The van der Waals surface area contributed by atoms with Crippen LogP contribution in [-0.2, 0) is 17.7 Å². The van der Waals surface area contributed by atoms with Gasteiger partial charge in [-0.2, -0.15) is 0 Å². The summed E-state index contributed by atoms with van der Waals surface area (Å²) in [4.78, 5) is 11.6. The smallest absolute Gasteiger partial charge is 0.434 e. The first-order valence-electron chi connectivity index (χ1n) is 7.31. The van der Waals surface area contributed by atoms with E-state index in [-0.39, 0.29) is 0 Å². The average molecular weight is 290 g/mol. The van der Waals surface area contributed by atoms with Gasteiger partial charge in [0.25, 0.3) is 0 Å². The molecular weight excluding hydrogens is 268 g/mol. The average Bonchev–Trinajstić information content (AvgIpc) is 2.84. The van der Waals surface area contributed by atoms with Crippen LogP contribution in [0.4, 0.5) is 4.79 Å². The number of fused-ring (bicyclic) bond motifs is 1. The van der Waals surface area contributed by atoms with Gasteiger partial charge in [0.1, 0.15) is 5.75 Å². The second-order valence-corrected chi connectivity index (χ2v) is 4.73. The molecule has 0 amide bonds. The van der Waals surface area contributed by atoms with Crippen molar-refractivity contribution in [2.24, 2.45) is 0 Å². The van der Waals surface area contributed by atoms with Gasteiger partial charge in [0.15, 0.2) is 0 Å². The third-order valence-corrected chi connectivity index (χ3v) is 3.39. The maximum absolute atomic E-state index is 11.6. The zero-order valence-electron chi connectivity index (χ0n) is 12.8. The Balaban J connectivity index is 2.44. The molecule has 2 aromatic rings. The van der Waals surface area contributed by atoms with Crippen molar-refractivity contribution < 1.29 is 14.3 Å². The molecule has 0 unspecified atom stereocenters. The number of carbonyl (C=O) groups excluding carboxylic acids is 1. The van der Waals surface area contributed by atoms with Crippen LogP contribution in [0, 0.1) is 0 Å². The Morgan fingerprint density at radius 3 is 2.81 bits per heavy atom. The van der Waals surface area contributed by atoms with E-state index in [0.717, 1.165) is 30.4 Å². The van der Waals surface area contributed by atoms with E-state index in [0.29, 0.717) is 12.4 Å². The lowest BCUT2D eigenvalue weighted by molar-refractivity contribution is 0.105. The molecule has 5 nitrogen and oxygen atoms in total. The van der Waals surface area contributed by atoms with E-state index in [9.17, 15) is 4.79 Å². The molecule has 114 valence electrons. The predicted octanol–water partition coefficient (Wildman–Crippen LogP) is 2.96. The van der Waals surface area contributed by atoms with Gasteiger partial charge in [0, 0.05) is 18.1 Å². The molecule has 0 aliphatic heterocycles. The minimum absolute atomic E-state index is 0.303. The fraction of sp³-hybridized carbons (Fsp3) is 0.438. The third kappa shape index (κ3) is 3.36. The van der Waals surface area contributed by atoms with Gasteiger partial charge in [0.05, 0.1) is 12.1 Å². The first-order chi connectivity index (χ1) is 10.2. The molecule has 1 aromatic carbocycles. The Morgan fingerprint density at radius 2 is 2.14 bits per heavy atom. The largest absolute Gasteiger partial charge is 0.513 e. The number of nitrogens with one attached hydrogen (secondary N) is 1. The molecule has 2 rings (SSSR count). The molecule has 1 N–H and O–H groups in total. The monoisotopic (exact) mass is 290 g/mol. The fourth-order valence-electron chi connectivity index (χ4n) is 2.44. The summed E-state index contributed by atoms with van der Waals surface area (Å²) in [5, 5.41) is 4.14. The van der Waals surface area contributed by atoms with Crippen LogP contribution < -0.4 is 10.1 Å². The number of ether oxygens (including phenoxy) is 2. The quantitative estimate of drug-likeness (QED) is 0.656. The first kappa shape index (κ1) is 15.4. The van der Waals surface area contributed by atoms with Crippen LogP contribution in [0.25, 0.3) is 10.9 Å². The van der Waals surface area contributed by atoms with Crippen LogP contribution in [0.3, 0.4) is 0 Å². The minimum Gasteiger partial charge on any atom is -0.434 e. The van der Waals surface area contributed by atoms with Gasteiger partial charge in [-0.25, -0.2) is 4.79 Å². The van der Waals surface area contributed by atoms with Crippen LogP contribution in [0.15, 0.2) is 24.4 Å². The summed E-state index contributed by atoms with van der Waals surface area (Å²) in [5.74, 6) is 0.559. The van der Waals surface area contributed by atoms with Gasteiger partial charge in [-0.15, -0.1) is 0 Å². The molecule has 0 aliphatic rings. The normalized spacial score (nSPS) is 10.8. The molecule has 21 heavy (non-hydrogen) atoms. The Hall–Kier alpha value is -2.01. The predicted molar refractivity (Wildman–Crippen MR) is 82.9 cm³/mol. The molecule has 1 aromatic heterocycles. The van der Waals surface area contributed by atoms with Gasteiger partial charge in [0.2, 0.25) is 0 Å². The molecule has 0 saturated heterocycles. The van der Waals surface area contributed by atoms with Crippen molar-refractivity contribution in [2.45, 2.75) is 26.8 Å². The standard InChI is InChI=1S/C16H22N2O3/c1-4-18-11-12(9-10-17-3)15-13(18)7-6-8-14(15)21-16(19)20-5-2/h6-8,11,17H,4-5,9-10H2,1-3H3. The topological polar surface area (TPSA) is 52.5 Å². The van der Waals surface area contributed by atoms with Gasteiger partial charge >= 0.3 is 6.16 Å². The number of hydrogen-bond donors (Lipinski definition) is 1. The summed E-state index contributed by atoms with van der Waals surface area (Å²) in [5.41, 5.74) is 2.24. The highest BCUT2D eigenvalue weighted by Gasteiger charge is 2.15. The number of nitrogens with zero attached hydrogens (tertiary/aromatic N) is 1. The lowest BCUT2D eigenvalue weighted by atomic mass is 10.1. The Morgan fingerprint density at radius 1 is 1.33 bits per heavy atom. The van der Waals surface area contributed by atoms with Gasteiger partial charge in [-0.05, 0) is 51.6 Å². The second kappa shape index (κ2) is 7.13. The lowest BCUT2D eigenvalue weighted by Gasteiger charge is -2.07. The molecule has 5 heteroatoms. The highest BCUT2D eigenvalue weighted by Crippen LogP contribution is 2.31. The van der Waals surface area contributed by atoms with Crippen LogP contribution in [-0.4, -0.2) is 30.9 Å². The molecular formula is C16H22N2O3. The van der Waals surface area contributed by atoms with E-state index in [4.69, 9.17) is 9.47 Å². The van der Waals surface area contributed by atoms with Crippen LogP contribution in [0.5, 0.6) is 5.75 Å². The number of benzene rings is 1. The van der Waals surface area contributed by atoms with Crippen LogP contribution >= 0.6 is 0 Å². The van der Waals surface area contributed by atoms with Crippen molar-refractivity contribution in [1.29, 1.82) is 0 Å². The van der Waals surface area contributed by atoms with Crippen molar-refractivity contribution >= 4 is 17.1 Å². The highest BCUT2D eigenvalue weighted by atomic mass is 16.7. The molecule has 0 atom stereocenters. The Bertz CT molecular complexity index is 619. The SMILES string of the molecule is CCOC(=O)Oc1cccc2c1c(CCNC)cn2CC. The number of likely N-dealkylation sites (N-methyl/N-ethyl adjacent to an activating group) is 1. The van der Waals surface area contributed by atoms with Crippen molar-refractivity contribution in [1.82, 2.24) is 9.88 Å². The van der Waals surface area contributed by atoms with E-state index in [1.54, 1.807) is 6.92 Å². The van der Waals surface area contributed by atoms with E-state index < -0.39 is 6.16 Å². The molecule has 0 fully saturated rings. The first-order valence-corrected chi connectivity index (χ1v) is 7.31. The lowest BCUT2D eigenvalue weighted by Crippen LogP contribution is -2.11. The summed E-state index contributed by atoms with van der Waals surface area (Å²) in [6, 6.07) is 5.74. The fourth-order valence-corrected chi connectivity index (χ4v) is 2.44. The number of aromatic nitrogens is 1. The van der Waals surface area contributed by atoms with E-state index >= 15 is 0 Å². The van der Waals surface area contributed by atoms with Crippen molar-refractivity contribution in [3.63, 3.8) is 0 Å². The highest BCUT2D eigenvalue weighted by molar-refractivity contribution is 5.91. The van der Waals surface area contributed by atoms with Crippen LogP contribution in [0.1, 0.15) is 19.4 Å². The number of aryl methyl sites for hydroxylation is 1. The van der Waals surface area contributed by atoms with E-state index in [1.807, 2.05) is 25.2 Å². The zero-order valence-corrected chi connectivity index (χ0v) is 12.8. The van der Waals surface area contributed by atoms with E-state index in [2.05, 4.69) is 23.0 Å². The zero-order chi connectivity index (χ0) is 15.2. The number of hydrogen-bond acceptors (Lipinski definition) is 4. The van der Waals surface area contributed by atoms with Gasteiger partial charge in [-0.1, -0.05) is 6.07 Å². The Kier molecular flexibility index (Phi) is 5.22. The van der Waals surface area contributed by atoms with Crippen molar-refractivity contribution in [3.8, 4) is 5.75 Å². The third-order valence-electron chi connectivity index (χ3n) is 3.39. The molecule has 0 saturated carbocycles. The summed E-state index contributed by atoms with van der Waals surface area (Å²) >= 11 is 0. The molecule has 0 bridgehead atoms. The van der Waals surface area contributed by atoms with Crippen LogP contribution in [0.2, 0.25) is 0 Å². The van der Waals surface area contributed by atoms with Crippen molar-refractivity contribution in [3.05, 3.63) is 30.0 Å². The Labute approximate surface area is 124 Å².